The quantitative estimate of drug-likeness (QED) is 0.372. The number of hydrogen-bond acceptors (Lipinski definition) is 4. The van der Waals surface area contributed by atoms with E-state index in [1.165, 1.54) is 0 Å². The number of rotatable bonds is 5. The van der Waals surface area contributed by atoms with Crippen molar-refractivity contribution in [3.63, 3.8) is 0 Å². The molecule has 7 heteroatoms. The summed E-state index contributed by atoms with van der Waals surface area (Å²) >= 11 is 0. The van der Waals surface area contributed by atoms with Crippen LogP contribution in [0, 0.1) is 5.92 Å². The van der Waals surface area contributed by atoms with Gasteiger partial charge < -0.3 is 15.3 Å². The number of benzene rings is 1. The molecule has 1 aromatic carbocycles. The van der Waals surface area contributed by atoms with Crippen LogP contribution in [0.1, 0.15) is 61.6 Å². The van der Waals surface area contributed by atoms with E-state index >= 15 is 0 Å². The molecule has 3 N–H and O–H groups in total. The van der Waals surface area contributed by atoms with Crippen molar-refractivity contribution < 1.29 is 19.8 Å². The first kappa shape index (κ1) is 22.1. The number of aromatic nitrogens is 1. The van der Waals surface area contributed by atoms with Crippen LogP contribution in [0.2, 0.25) is 0 Å². The Hall–Kier alpha value is -3.15. The third-order valence-corrected chi connectivity index (χ3v) is 6.36. The molecule has 1 aliphatic carbocycles. The Balaban J connectivity index is 1.67. The Labute approximate surface area is 188 Å². The maximum atomic E-state index is 13.1. The maximum Gasteiger partial charge on any atom is 0.337 e. The van der Waals surface area contributed by atoms with Gasteiger partial charge in [0.25, 0.3) is 0 Å². The van der Waals surface area contributed by atoms with Crippen LogP contribution in [0.3, 0.4) is 0 Å². The molecule has 1 fully saturated rings. The lowest BCUT2D eigenvalue weighted by Crippen LogP contribution is -2.44. The SMILES string of the molecule is CC(C)c1cccc(C(=O)Nc2cc3c(cc2N(C)C)=[N+]=C([C@H]2CC[C@H](O)CC2)C=3)[n+]1O. The normalized spacial score (nSPS) is 19.6. The molecular weight excluding hydrogens is 404 g/mol. The van der Waals surface area contributed by atoms with E-state index in [0.717, 1.165) is 52.4 Å². The smallest absolute Gasteiger partial charge is 0.337 e. The zero-order chi connectivity index (χ0) is 23.0. The molecule has 1 aromatic heterocycles. The van der Waals surface area contributed by atoms with E-state index in [0.29, 0.717) is 17.3 Å². The van der Waals surface area contributed by atoms with Gasteiger partial charge in [0.2, 0.25) is 5.69 Å². The number of carbonyl (C=O) groups excluding carboxylic acids is 1. The molecule has 0 bridgehead atoms. The van der Waals surface area contributed by atoms with Gasteiger partial charge in [0.15, 0.2) is 0 Å². The molecule has 4 rings (SSSR count). The van der Waals surface area contributed by atoms with Crippen LogP contribution in [0.5, 0.6) is 0 Å². The van der Waals surface area contributed by atoms with E-state index in [4.69, 9.17) is 4.67 Å². The third-order valence-electron chi connectivity index (χ3n) is 6.36. The lowest BCUT2D eigenvalue weighted by atomic mass is 9.84. The van der Waals surface area contributed by atoms with Crippen molar-refractivity contribution in [3.8, 4) is 0 Å². The molecular formula is C25H32N4O3+2. The summed E-state index contributed by atoms with van der Waals surface area (Å²) in [5.74, 6) is 0.0633. The number of aliphatic hydroxyl groups is 1. The van der Waals surface area contributed by atoms with Crippen molar-refractivity contribution in [2.75, 3.05) is 24.3 Å². The predicted octanol–water partition coefficient (Wildman–Crippen LogP) is 1.13. The summed E-state index contributed by atoms with van der Waals surface area (Å²) in [4.78, 5) is 15.0. The van der Waals surface area contributed by atoms with Gasteiger partial charge >= 0.3 is 22.7 Å². The fraction of sp³-hybridized carbons (Fsp3) is 0.440. The van der Waals surface area contributed by atoms with Gasteiger partial charge in [-0.25, -0.2) is 0 Å². The Morgan fingerprint density at radius 2 is 1.91 bits per heavy atom. The first-order valence-electron chi connectivity index (χ1n) is 11.3. The van der Waals surface area contributed by atoms with E-state index in [1.54, 1.807) is 18.2 Å². The van der Waals surface area contributed by atoms with Crippen molar-refractivity contribution in [3.05, 3.63) is 52.3 Å². The van der Waals surface area contributed by atoms with Gasteiger partial charge in [-0.15, -0.1) is 0 Å². The Morgan fingerprint density at radius 1 is 1.19 bits per heavy atom. The minimum absolute atomic E-state index is 0.0798. The zero-order valence-corrected chi connectivity index (χ0v) is 19.2. The molecule has 1 saturated carbocycles. The summed E-state index contributed by atoms with van der Waals surface area (Å²) < 4.78 is 5.83. The van der Waals surface area contributed by atoms with Crippen LogP contribution < -0.4 is 30.2 Å². The highest BCUT2D eigenvalue weighted by Gasteiger charge is 2.31. The first-order chi connectivity index (χ1) is 15.2. The highest BCUT2D eigenvalue weighted by Crippen LogP contribution is 2.26. The minimum Gasteiger partial charge on any atom is -0.393 e. The van der Waals surface area contributed by atoms with Crippen LogP contribution >= 0.6 is 0 Å². The molecule has 0 saturated heterocycles. The molecule has 168 valence electrons. The Bertz CT molecular complexity index is 1200. The summed E-state index contributed by atoms with van der Waals surface area (Å²) in [7, 11) is 3.85. The van der Waals surface area contributed by atoms with Gasteiger partial charge in [-0.3, -0.25) is 10.0 Å². The fourth-order valence-electron chi connectivity index (χ4n) is 4.50. The summed E-state index contributed by atoms with van der Waals surface area (Å²) in [6.07, 6.45) is 5.41. The highest BCUT2D eigenvalue weighted by molar-refractivity contribution is 6.12. The average molecular weight is 437 g/mol. The lowest BCUT2D eigenvalue weighted by Gasteiger charge is -2.20. The number of amides is 1. The second-order valence-electron chi connectivity index (χ2n) is 9.27. The monoisotopic (exact) mass is 436 g/mol. The fourth-order valence-corrected chi connectivity index (χ4v) is 4.50. The molecule has 7 nitrogen and oxygen atoms in total. The summed E-state index contributed by atoms with van der Waals surface area (Å²) in [6, 6.07) is 9.13. The van der Waals surface area contributed by atoms with E-state index in [9.17, 15) is 15.1 Å². The van der Waals surface area contributed by atoms with Gasteiger partial charge in [0.1, 0.15) is 0 Å². The van der Waals surface area contributed by atoms with E-state index < -0.39 is 0 Å². The lowest BCUT2D eigenvalue weighted by molar-refractivity contribution is -0.911. The third kappa shape index (κ3) is 4.27. The Kier molecular flexibility index (Phi) is 6.04. The van der Waals surface area contributed by atoms with E-state index in [-0.39, 0.29) is 23.6 Å². The number of carbonyl (C=O) groups is 1. The zero-order valence-electron chi connectivity index (χ0n) is 19.2. The number of hydrogen-bond donors (Lipinski definition) is 3. The summed E-state index contributed by atoms with van der Waals surface area (Å²) in [5, 5.41) is 25.2. The van der Waals surface area contributed by atoms with E-state index in [2.05, 4.69) is 11.4 Å². The summed E-state index contributed by atoms with van der Waals surface area (Å²) in [5.41, 5.74) is 3.42. The van der Waals surface area contributed by atoms with Gasteiger partial charge in [0, 0.05) is 43.0 Å². The molecule has 1 aliphatic heterocycles. The van der Waals surface area contributed by atoms with Gasteiger partial charge in [-0.2, -0.15) is 0 Å². The summed E-state index contributed by atoms with van der Waals surface area (Å²) in [6.45, 7) is 3.93. The molecule has 0 radical (unpaired) electrons. The van der Waals surface area contributed by atoms with E-state index in [1.807, 2.05) is 45.0 Å². The van der Waals surface area contributed by atoms with Gasteiger partial charge in [0.05, 0.1) is 34.7 Å². The van der Waals surface area contributed by atoms with Gasteiger partial charge in [-0.1, -0.05) is 18.5 Å². The average Bonchev–Trinajstić information content (AvgIpc) is 3.16. The standard InChI is InChI=1S/C25H31N4O3/c1-15(2)22-6-5-7-23(29(22)32)25(31)27-21-13-17-12-19(16-8-10-18(30)11-9-16)26-20(17)14-24(21)28(3)4/h5-7,12-16,18,30H,8-11H2,1-4H3,(H,31,32)/q+1/p+1/t16-,18-. The highest BCUT2D eigenvalue weighted by atomic mass is 16.5. The first-order valence-corrected chi connectivity index (χ1v) is 11.3. The topological polar surface area (TPSA) is 90.8 Å². The van der Waals surface area contributed by atoms with Crippen molar-refractivity contribution in [1.29, 1.82) is 0 Å². The number of nitrogens with one attached hydrogen (secondary N) is 1. The van der Waals surface area contributed by atoms with Crippen LogP contribution in [-0.2, 0) is 0 Å². The van der Waals surface area contributed by atoms with Crippen LogP contribution in [0.4, 0.5) is 11.4 Å². The maximum absolute atomic E-state index is 13.1. The number of anilines is 2. The second kappa shape index (κ2) is 8.77. The molecule has 2 aromatic rings. The molecule has 2 heterocycles. The molecule has 0 unspecified atom stereocenters. The van der Waals surface area contributed by atoms with Crippen molar-refractivity contribution in [2.24, 2.45) is 5.92 Å². The Morgan fingerprint density at radius 3 is 2.56 bits per heavy atom. The minimum atomic E-state index is -0.376. The number of nitrogens with zero attached hydrogens (tertiary/aromatic N) is 3. The van der Waals surface area contributed by atoms with Crippen LogP contribution in [-0.4, -0.2) is 42.1 Å². The number of aliphatic hydroxyl groups excluding tert-OH is 1. The van der Waals surface area contributed by atoms with Crippen molar-refractivity contribution in [1.82, 2.24) is 4.67 Å². The predicted molar refractivity (Wildman–Crippen MR) is 125 cm³/mol. The molecule has 1 amide bonds. The van der Waals surface area contributed by atoms with Crippen molar-refractivity contribution in [2.45, 2.75) is 51.6 Å². The van der Waals surface area contributed by atoms with Gasteiger partial charge in [-0.05, 0) is 37.8 Å². The molecule has 2 aliphatic rings. The molecule has 0 spiro atoms. The van der Waals surface area contributed by atoms with Crippen LogP contribution in [0.15, 0.2) is 30.3 Å². The molecule has 32 heavy (non-hydrogen) atoms. The number of pyridine rings is 1. The van der Waals surface area contributed by atoms with Crippen molar-refractivity contribution >= 4 is 29.1 Å². The molecule has 0 atom stereocenters. The number of fused-ring (bicyclic) bond motifs is 1. The van der Waals surface area contributed by atoms with Crippen LogP contribution in [0.25, 0.3) is 6.08 Å². The second-order valence-corrected chi connectivity index (χ2v) is 9.27. The largest absolute Gasteiger partial charge is 0.393 e.